The van der Waals surface area contributed by atoms with Crippen LogP contribution in [0.4, 0.5) is 5.69 Å². The van der Waals surface area contributed by atoms with Gasteiger partial charge in [0, 0.05) is 16.1 Å². The number of anilines is 1. The number of nitrogens with one attached hydrogen (secondary N) is 1. The van der Waals surface area contributed by atoms with E-state index in [1.807, 2.05) is 25.1 Å². The number of hydrogen-bond donors (Lipinski definition) is 2. The zero-order valence-corrected chi connectivity index (χ0v) is 11.7. The third-order valence-electron chi connectivity index (χ3n) is 2.78. The summed E-state index contributed by atoms with van der Waals surface area (Å²) in [6.45, 7) is 1.93. The van der Waals surface area contributed by atoms with E-state index < -0.39 is 0 Å². The van der Waals surface area contributed by atoms with E-state index in [1.165, 1.54) is 0 Å². The molecule has 2 aromatic carbocycles. The molecule has 4 heteroatoms. The van der Waals surface area contributed by atoms with E-state index >= 15 is 0 Å². The molecule has 0 bridgehead atoms. The highest BCUT2D eigenvalue weighted by atomic mass is 32.1. The summed E-state index contributed by atoms with van der Waals surface area (Å²) in [5, 5.41) is 2.85. The molecule has 19 heavy (non-hydrogen) atoms. The lowest BCUT2D eigenvalue weighted by atomic mass is 10.1. The molecule has 3 nitrogen and oxygen atoms in total. The fourth-order valence-corrected chi connectivity index (χ4v) is 1.92. The largest absolute Gasteiger partial charge is 0.496 e. The van der Waals surface area contributed by atoms with Gasteiger partial charge in [0.05, 0.1) is 7.11 Å². The van der Waals surface area contributed by atoms with Crippen LogP contribution in [-0.2, 0) is 0 Å². The van der Waals surface area contributed by atoms with Gasteiger partial charge in [-0.2, -0.15) is 0 Å². The molecule has 0 aliphatic heterocycles. The minimum Gasteiger partial charge on any atom is -0.496 e. The summed E-state index contributed by atoms with van der Waals surface area (Å²) in [4.78, 5) is 12.9. The van der Waals surface area contributed by atoms with Crippen LogP contribution in [0.1, 0.15) is 15.9 Å². The molecule has 0 heterocycles. The summed E-state index contributed by atoms with van der Waals surface area (Å²) in [5.41, 5.74) is 2.33. The first-order chi connectivity index (χ1) is 9.10. The average molecular weight is 273 g/mol. The van der Waals surface area contributed by atoms with Gasteiger partial charge in [0.2, 0.25) is 0 Å². The Kier molecular flexibility index (Phi) is 4.12. The van der Waals surface area contributed by atoms with Gasteiger partial charge in [-0.3, -0.25) is 4.79 Å². The number of amides is 1. The summed E-state index contributed by atoms with van der Waals surface area (Å²) >= 11 is 4.19. The molecule has 0 saturated heterocycles. The van der Waals surface area contributed by atoms with Gasteiger partial charge in [0.1, 0.15) is 5.75 Å². The number of methoxy groups -OCH3 is 1. The summed E-state index contributed by atoms with van der Waals surface area (Å²) in [6.07, 6.45) is 0. The minimum absolute atomic E-state index is 0.141. The molecular weight excluding hydrogens is 258 g/mol. The number of carbonyl (C=O) groups excluding carboxylic acids is 1. The van der Waals surface area contributed by atoms with Gasteiger partial charge < -0.3 is 10.1 Å². The summed E-state index contributed by atoms with van der Waals surface area (Å²) in [6, 6.07) is 12.6. The number of hydrogen-bond acceptors (Lipinski definition) is 3. The molecule has 1 N–H and O–H groups in total. The van der Waals surface area contributed by atoms with Crippen LogP contribution in [0.2, 0.25) is 0 Å². The van der Waals surface area contributed by atoms with E-state index in [-0.39, 0.29) is 5.91 Å². The molecule has 0 atom stereocenters. The standard InChI is InChI=1S/C15H15NO2S/c1-10-9-12(5-8-14(10)18-2)16-15(17)11-3-6-13(19)7-4-11/h3-9,19H,1-2H3,(H,16,17). The van der Waals surface area contributed by atoms with Crippen LogP contribution in [0.5, 0.6) is 5.75 Å². The Bertz CT molecular complexity index is 594. The summed E-state index contributed by atoms with van der Waals surface area (Å²) < 4.78 is 5.18. The number of benzene rings is 2. The molecule has 2 aromatic rings. The lowest BCUT2D eigenvalue weighted by Gasteiger charge is -2.09. The van der Waals surface area contributed by atoms with Crippen molar-refractivity contribution in [2.75, 3.05) is 12.4 Å². The molecule has 0 radical (unpaired) electrons. The zero-order chi connectivity index (χ0) is 13.8. The Labute approximate surface area is 118 Å². The third kappa shape index (κ3) is 3.29. The topological polar surface area (TPSA) is 38.3 Å². The minimum atomic E-state index is -0.141. The molecule has 0 spiro atoms. The van der Waals surface area contributed by atoms with Gasteiger partial charge >= 0.3 is 0 Å². The Morgan fingerprint density at radius 1 is 1.16 bits per heavy atom. The van der Waals surface area contributed by atoms with Gasteiger partial charge in [-0.25, -0.2) is 0 Å². The predicted octanol–water partition coefficient (Wildman–Crippen LogP) is 3.54. The van der Waals surface area contributed by atoms with E-state index in [1.54, 1.807) is 31.4 Å². The van der Waals surface area contributed by atoms with Crippen LogP contribution >= 0.6 is 12.6 Å². The molecule has 0 aliphatic carbocycles. The van der Waals surface area contributed by atoms with Gasteiger partial charge in [-0.05, 0) is 55.0 Å². The Morgan fingerprint density at radius 3 is 2.42 bits per heavy atom. The Balaban J connectivity index is 2.14. The molecule has 0 unspecified atom stereocenters. The first-order valence-electron chi connectivity index (χ1n) is 5.85. The van der Waals surface area contributed by atoms with Crippen molar-refractivity contribution in [3.8, 4) is 5.75 Å². The van der Waals surface area contributed by atoms with Crippen LogP contribution in [0.25, 0.3) is 0 Å². The normalized spacial score (nSPS) is 10.1. The molecule has 98 valence electrons. The average Bonchev–Trinajstić information content (AvgIpc) is 2.39. The number of rotatable bonds is 3. The van der Waals surface area contributed by atoms with Crippen molar-refractivity contribution in [2.24, 2.45) is 0 Å². The van der Waals surface area contributed by atoms with Crippen LogP contribution in [-0.4, -0.2) is 13.0 Å². The maximum atomic E-state index is 12.0. The monoisotopic (exact) mass is 273 g/mol. The second-order valence-corrected chi connectivity index (χ2v) is 4.70. The van der Waals surface area contributed by atoms with E-state index in [0.717, 1.165) is 21.9 Å². The van der Waals surface area contributed by atoms with Crippen molar-refractivity contribution in [1.29, 1.82) is 0 Å². The Morgan fingerprint density at radius 2 is 1.84 bits per heavy atom. The van der Waals surface area contributed by atoms with Crippen molar-refractivity contribution >= 4 is 24.2 Å². The van der Waals surface area contributed by atoms with Crippen molar-refractivity contribution in [3.05, 3.63) is 53.6 Å². The highest BCUT2D eigenvalue weighted by molar-refractivity contribution is 7.80. The molecule has 0 saturated carbocycles. The predicted molar refractivity (Wildman–Crippen MR) is 79.4 cm³/mol. The van der Waals surface area contributed by atoms with Crippen molar-refractivity contribution in [1.82, 2.24) is 0 Å². The van der Waals surface area contributed by atoms with Gasteiger partial charge in [-0.15, -0.1) is 12.6 Å². The highest BCUT2D eigenvalue weighted by Gasteiger charge is 2.07. The lowest BCUT2D eigenvalue weighted by molar-refractivity contribution is 0.102. The Hall–Kier alpha value is -1.94. The molecule has 2 rings (SSSR count). The summed E-state index contributed by atoms with van der Waals surface area (Å²) in [5.74, 6) is 0.662. The number of thiol groups is 1. The van der Waals surface area contributed by atoms with Gasteiger partial charge in [-0.1, -0.05) is 0 Å². The fourth-order valence-electron chi connectivity index (χ4n) is 1.77. The summed E-state index contributed by atoms with van der Waals surface area (Å²) in [7, 11) is 1.62. The lowest BCUT2D eigenvalue weighted by Crippen LogP contribution is -2.11. The van der Waals surface area contributed by atoms with Crippen LogP contribution in [0.15, 0.2) is 47.4 Å². The SMILES string of the molecule is COc1ccc(NC(=O)c2ccc(S)cc2)cc1C. The van der Waals surface area contributed by atoms with Gasteiger partial charge in [0.15, 0.2) is 0 Å². The second kappa shape index (κ2) is 5.80. The molecule has 1 amide bonds. The zero-order valence-electron chi connectivity index (χ0n) is 10.8. The first-order valence-corrected chi connectivity index (χ1v) is 6.30. The molecule has 0 fully saturated rings. The second-order valence-electron chi connectivity index (χ2n) is 4.19. The third-order valence-corrected chi connectivity index (χ3v) is 3.08. The van der Waals surface area contributed by atoms with Crippen LogP contribution in [0.3, 0.4) is 0 Å². The number of ether oxygens (including phenoxy) is 1. The smallest absolute Gasteiger partial charge is 0.255 e. The van der Waals surface area contributed by atoms with Crippen molar-refractivity contribution in [3.63, 3.8) is 0 Å². The first kappa shape index (κ1) is 13.5. The fraction of sp³-hybridized carbons (Fsp3) is 0.133. The number of carbonyl (C=O) groups is 1. The van der Waals surface area contributed by atoms with Crippen LogP contribution in [0, 0.1) is 6.92 Å². The van der Waals surface area contributed by atoms with Crippen LogP contribution < -0.4 is 10.1 Å². The van der Waals surface area contributed by atoms with E-state index in [9.17, 15) is 4.79 Å². The van der Waals surface area contributed by atoms with Crippen molar-refractivity contribution < 1.29 is 9.53 Å². The van der Waals surface area contributed by atoms with Gasteiger partial charge in [0.25, 0.3) is 5.91 Å². The quantitative estimate of drug-likeness (QED) is 0.839. The molecule has 0 aliphatic rings. The maximum absolute atomic E-state index is 12.0. The number of aryl methyl sites for hydroxylation is 1. The van der Waals surface area contributed by atoms with E-state index in [2.05, 4.69) is 17.9 Å². The van der Waals surface area contributed by atoms with E-state index in [4.69, 9.17) is 4.74 Å². The van der Waals surface area contributed by atoms with E-state index in [0.29, 0.717) is 5.56 Å². The maximum Gasteiger partial charge on any atom is 0.255 e. The highest BCUT2D eigenvalue weighted by Crippen LogP contribution is 2.21. The van der Waals surface area contributed by atoms with Crippen molar-refractivity contribution in [2.45, 2.75) is 11.8 Å². The molecular formula is C15H15NO2S. The molecule has 0 aromatic heterocycles.